The number of carbonyl (C=O) groups is 3. The zero-order valence-electron chi connectivity index (χ0n) is 15.6. The van der Waals surface area contributed by atoms with E-state index in [0.29, 0.717) is 22.0 Å². The first-order valence-electron chi connectivity index (χ1n) is 8.75. The largest absolute Gasteiger partial charge is 0.491 e. The summed E-state index contributed by atoms with van der Waals surface area (Å²) in [6.45, 7) is 3.82. The fraction of sp³-hybridized carbons (Fsp3) is 0.250. The minimum atomic E-state index is -0.484. The van der Waals surface area contributed by atoms with Crippen molar-refractivity contribution in [2.24, 2.45) is 0 Å². The molecular formula is C20H22ClN3O4. The SMILES string of the molecule is CC(C)Oc1ccc(C(=O)NNC(=O)CCC(=O)Nc2ccccc2Cl)cc1. The summed E-state index contributed by atoms with van der Waals surface area (Å²) in [5.41, 5.74) is 5.44. The lowest BCUT2D eigenvalue weighted by Gasteiger charge is -2.11. The summed E-state index contributed by atoms with van der Waals surface area (Å²) in [6.07, 6.45) is -0.0969. The van der Waals surface area contributed by atoms with E-state index in [2.05, 4.69) is 16.2 Å². The molecule has 0 saturated heterocycles. The van der Waals surface area contributed by atoms with Crippen molar-refractivity contribution in [3.63, 3.8) is 0 Å². The molecule has 3 N–H and O–H groups in total. The van der Waals surface area contributed by atoms with Gasteiger partial charge in [0.1, 0.15) is 5.75 Å². The topological polar surface area (TPSA) is 96.5 Å². The molecule has 7 nitrogen and oxygen atoms in total. The van der Waals surface area contributed by atoms with E-state index < -0.39 is 11.8 Å². The van der Waals surface area contributed by atoms with Gasteiger partial charge in [-0.3, -0.25) is 25.2 Å². The van der Waals surface area contributed by atoms with Crippen molar-refractivity contribution in [1.82, 2.24) is 10.9 Å². The molecule has 148 valence electrons. The van der Waals surface area contributed by atoms with Gasteiger partial charge in [-0.05, 0) is 50.2 Å². The molecule has 0 radical (unpaired) electrons. The number of nitrogens with one attached hydrogen (secondary N) is 3. The molecule has 8 heteroatoms. The van der Waals surface area contributed by atoms with Gasteiger partial charge in [0.25, 0.3) is 5.91 Å². The van der Waals surface area contributed by atoms with Gasteiger partial charge in [-0.1, -0.05) is 23.7 Å². The molecule has 28 heavy (non-hydrogen) atoms. The molecular weight excluding hydrogens is 382 g/mol. The molecule has 0 aliphatic rings. The van der Waals surface area contributed by atoms with Gasteiger partial charge in [-0.15, -0.1) is 0 Å². The second-order valence-electron chi connectivity index (χ2n) is 6.22. The van der Waals surface area contributed by atoms with Crippen molar-refractivity contribution in [2.45, 2.75) is 32.8 Å². The van der Waals surface area contributed by atoms with Crippen molar-refractivity contribution in [2.75, 3.05) is 5.32 Å². The lowest BCUT2D eigenvalue weighted by molar-refractivity contribution is -0.124. The van der Waals surface area contributed by atoms with Crippen molar-refractivity contribution in [1.29, 1.82) is 0 Å². The third-order valence-corrected chi connectivity index (χ3v) is 3.86. The minimum absolute atomic E-state index is 0.0362. The molecule has 0 spiro atoms. The van der Waals surface area contributed by atoms with E-state index in [0.717, 1.165) is 0 Å². The summed E-state index contributed by atoms with van der Waals surface area (Å²) in [5, 5.41) is 3.04. The average Bonchev–Trinajstić information content (AvgIpc) is 2.66. The predicted octanol–water partition coefficient (Wildman–Crippen LogP) is 3.31. The van der Waals surface area contributed by atoms with E-state index in [1.165, 1.54) is 0 Å². The van der Waals surface area contributed by atoms with Crippen LogP contribution in [-0.2, 0) is 9.59 Å². The first-order valence-corrected chi connectivity index (χ1v) is 9.13. The Hall–Kier alpha value is -3.06. The maximum atomic E-state index is 12.0. The molecule has 0 aromatic heterocycles. The van der Waals surface area contributed by atoms with Crippen LogP contribution < -0.4 is 20.9 Å². The Bertz CT molecular complexity index is 838. The number of para-hydroxylation sites is 1. The van der Waals surface area contributed by atoms with Gasteiger partial charge in [0, 0.05) is 18.4 Å². The van der Waals surface area contributed by atoms with Crippen molar-refractivity contribution < 1.29 is 19.1 Å². The second kappa shape index (κ2) is 10.3. The Morgan fingerprint density at radius 3 is 2.21 bits per heavy atom. The van der Waals surface area contributed by atoms with Crippen molar-refractivity contribution in [3.05, 3.63) is 59.1 Å². The van der Waals surface area contributed by atoms with E-state index in [1.54, 1.807) is 48.5 Å². The van der Waals surface area contributed by atoms with Gasteiger partial charge in [-0.2, -0.15) is 0 Å². The summed E-state index contributed by atoms with van der Waals surface area (Å²) in [7, 11) is 0. The number of hydrogen-bond donors (Lipinski definition) is 3. The Balaban J connectivity index is 1.73. The van der Waals surface area contributed by atoms with Crippen LogP contribution in [0.2, 0.25) is 5.02 Å². The van der Waals surface area contributed by atoms with E-state index in [9.17, 15) is 14.4 Å². The van der Waals surface area contributed by atoms with Gasteiger partial charge >= 0.3 is 0 Å². The number of hydrazine groups is 1. The van der Waals surface area contributed by atoms with E-state index in [1.807, 2.05) is 13.8 Å². The number of amides is 3. The van der Waals surface area contributed by atoms with Crippen molar-refractivity contribution >= 4 is 35.0 Å². The highest BCUT2D eigenvalue weighted by atomic mass is 35.5. The van der Waals surface area contributed by atoms with Crippen LogP contribution in [0.5, 0.6) is 5.75 Å². The van der Waals surface area contributed by atoms with Gasteiger partial charge in [-0.25, -0.2) is 0 Å². The lowest BCUT2D eigenvalue weighted by Crippen LogP contribution is -2.41. The Morgan fingerprint density at radius 1 is 0.929 bits per heavy atom. The highest BCUT2D eigenvalue weighted by Crippen LogP contribution is 2.20. The number of carbonyl (C=O) groups excluding carboxylic acids is 3. The summed E-state index contributed by atoms with van der Waals surface area (Å²) in [5.74, 6) is -0.650. The number of ether oxygens (including phenoxy) is 1. The van der Waals surface area contributed by atoms with Crippen LogP contribution in [0.4, 0.5) is 5.69 Å². The van der Waals surface area contributed by atoms with E-state index in [4.69, 9.17) is 16.3 Å². The van der Waals surface area contributed by atoms with Crippen LogP contribution in [0, 0.1) is 0 Å². The first kappa shape index (κ1) is 21.2. The fourth-order valence-corrected chi connectivity index (χ4v) is 2.40. The Labute approximate surface area is 168 Å². The number of hydrogen-bond acceptors (Lipinski definition) is 4. The van der Waals surface area contributed by atoms with Crippen LogP contribution in [0.15, 0.2) is 48.5 Å². The van der Waals surface area contributed by atoms with E-state index in [-0.39, 0.29) is 24.9 Å². The van der Waals surface area contributed by atoms with Gasteiger partial charge in [0.2, 0.25) is 11.8 Å². The second-order valence-corrected chi connectivity index (χ2v) is 6.63. The molecule has 0 atom stereocenters. The predicted molar refractivity (Wildman–Crippen MR) is 107 cm³/mol. The number of benzene rings is 2. The standard InChI is InChI=1S/C20H22ClN3O4/c1-13(2)28-15-9-7-14(8-10-15)20(27)24-23-19(26)12-11-18(25)22-17-6-4-3-5-16(17)21/h3-10,13H,11-12H2,1-2H3,(H,22,25)(H,23,26)(H,24,27). The molecule has 0 saturated carbocycles. The molecule has 0 bridgehead atoms. The van der Waals surface area contributed by atoms with Crippen molar-refractivity contribution in [3.8, 4) is 5.75 Å². The van der Waals surface area contributed by atoms with Crippen LogP contribution in [0.1, 0.15) is 37.0 Å². The first-order chi connectivity index (χ1) is 13.3. The van der Waals surface area contributed by atoms with Gasteiger partial charge < -0.3 is 10.1 Å². The molecule has 0 aliphatic heterocycles. The van der Waals surface area contributed by atoms with Crippen LogP contribution in [0.3, 0.4) is 0 Å². The Morgan fingerprint density at radius 2 is 1.57 bits per heavy atom. The quantitative estimate of drug-likeness (QED) is 0.618. The highest BCUT2D eigenvalue weighted by molar-refractivity contribution is 6.33. The summed E-state index contributed by atoms with van der Waals surface area (Å²) < 4.78 is 5.50. The molecule has 3 amide bonds. The zero-order valence-corrected chi connectivity index (χ0v) is 16.4. The molecule has 2 aromatic rings. The molecule has 0 fully saturated rings. The molecule has 0 aliphatic carbocycles. The van der Waals surface area contributed by atoms with Gasteiger partial charge in [0.15, 0.2) is 0 Å². The summed E-state index contributed by atoms with van der Waals surface area (Å²) >= 11 is 5.96. The fourth-order valence-electron chi connectivity index (χ4n) is 2.22. The maximum Gasteiger partial charge on any atom is 0.269 e. The smallest absolute Gasteiger partial charge is 0.269 e. The molecule has 0 heterocycles. The molecule has 2 rings (SSSR count). The summed E-state index contributed by atoms with van der Waals surface area (Å²) in [6, 6.07) is 13.3. The third kappa shape index (κ3) is 6.92. The monoisotopic (exact) mass is 403 g/mol. The Kier molecular flexibility index (Phi) is 7.83. The minimum Gasteiger partial charge on any atom is -0.491 e. The van der Waals surface area contributed by atoms with Gasteiger partial charge in [0.05, 0.1) is 16.8 Å². The molecule has 2 aromatic carbocycles. The normalized spacial score (nSPS) is 10.3. The average molecular weight is 404 g/mol. The van der Waals surface area contributed by atoms with Crippen LogP contribution in [0.25, 0.3) is 0 Å². The zero-order chi connectivity index (χ0) is 20.5. The third-order valence-electron chi connectivity index (χ3n) is 3.53. The van der Waals surface area contributed by atoms with E-state index >= 15 is 0 Å². The highest BCUT2D eigenvalue weighted by Gasteiger charge is 2.11. The summed E-state index contributed by atoms with van der Waals surface area (Å²) in [4.78, 5) is 35.8. The van der Waals surface area contributed by atoms with Crippen LogP contribution in [-0.4, -0.2) is 23.8 Å². The maximum absolute atomic E-state index is 12.0. The number of halogens is 1. The number of rotatable bonds is 7. The van der Waals surface area contributed by atoms with Crippen LogP contribution >= 0.6 is 11.6 Å². The molecule has 0 unspecified atom stereocenters. The number of anilines is 1. The lowest BCUT2D eigenvalue weighted by atomic mass is 10.2.